The molecule has 2 aliphatic rings. The average molecular weight is 299 g/mol. The molecule has 0 saturated heterocycles. The van der Waals surface area contributed by atoms with Crippen molar-refractivity contribution in [3.63, 3.8) is 0 Å². The molecular formula is C11H7ClN2O2S2. The van der Waals surface area contributed by atoms with Crippen molar-refractivity contribution in [2.24, 2.45) is 0 Å². The van der Waals surface area contributed by atoms with Crippen LogP contribution in [0.15, 0.2) is 28.1 Å². The molecule has 0 bridgehead atoms. The van der Waals surface area contributed by atoms with Gasteiger partial charge in [-0.05, 0) is 12.1 Å². The van der Waals surface area contributed by atoms with Crippen molar-refractivity contribution in [3.05, 3.63) is 33.2 Å². The fraction of sp³-hybridized carbons (Fsp3) is 0.182. The molecule has 0 aromatic carbocycles. The van der Waals surface area contributed by atoms with Crippen LogP contribution in [0.4, 0.5) is 5.82 Å². The van der Waals surface area contributed by atoms with Crippen molar-refractivity contribution in [1.29, 1.82) is 0 Å². The Labute approximate surface area is 117 Å². The van der Waals surface area contributed by atoms with Gasteiger partial charge in [0.2, 0.25) is 0 Å². The second kappa shape index (κ2) is 4.60. The Hall–Kier alpha value is -0.980. The molecule has 7 heteroatoms. The van der Waals surface area contributed by atoms with E-state index >= 15 is 0 Å². The quantitative estimate of drug-likeness (QED) is 0.745. The molecule has 1 aromatic rings. The lowest BCUT2D eigenvalue weighted by Gasteiger charge is -2.12. The SMILES string of the molecule is O=C1C2=C(SCCS2)C(=O)N1c1ccc(Cl)cn1. The van der Waals surface area contributed by atoms with Crippen molar-refractivity contribution in [1.82, 2.24) is 4.98 Å². The van der Waals surface area contributed by atoms with Crippen LogP contribution in [-0.4, -0.2) is 28.3 Å². The van der Waals surface area contributed by atoms with E-state index in [4.69, 9.17) is 11.6 Å². The first-order chi connectivity index (χ1) is 8.68. The number of anilines is 1. The van der Waals surface area contributed by atoms with Gasteiger partial charge in [-0.25, -0.2) is 9.88 Å². The van der Waals surface area contributed by atoms with Crippen LogP contribution in [-0.2, 0) is 9.59 Å². The minimum Gasteiger partial charge on any atom is -0.267 e. The molecule has 0 spiro atoms. The first kappa shape index (κ1) is 12.1. The number of aromatic nitrogens is 1. The first-order valence-corrected chi connectivity index (χ1v) is 7.53. The van der Waals surface area contributed by atoms with E-state index in [0.29, 0.717) is 20.7 Å². The van der Waals surface area contributed by atoms with Gasteiger partial charge < -0.3 is 0 Å². The second-order valence-electron chi connectivity index (χ2n) is 3.64. The lowest BCUT2D eigenvalue weighted by Crippen LogP contribution is -2.31. The summed E-state index contributed by atoms with van der Waals surface area (Å²) in [5.74, 6) is 1.48. The first-order valence-electron chi connectivity index (χ1n) is 5.18. The Kier molecular flexibility index (Phi) is 3.09. The zero-order valence-corrected chi connectivity index (χ0v) is 11.4. The van der Waals surface area contributed by atoms with Gasteiger partial charge in [0.15, 0.2) is 0 Å². The number of carbonyl (C=O) groups excluding carboxylic acids is 2. The van der Waals surface area contributed by atoms with Crippen LogP contribution in [0, 0.1) is 0 Å². The summed E-state index contributed by atoms with van der Waals surface area (Å²) in [5, 5.41) is 0.472. The summed E-state index contributed by atoms with van der Waals surface area (Å²) < 4.78 is 0. The number of imide groups is 1. The third-order valence-corrected chi connectivity index (χ3v) is 5.28. The summed E-state index contributed by atoms with van der Waals surface area (Å²) in [6.07, 6.45) is 1.43. The standard InChI is InChI=1S/C11H7ClN2O2S2/c12-6-1-2-7(13-5-6)14-10(15)8-9(11(14)16)18-4-3-17-8/h1-2,5H,3-4H2. The molecule has 2 aliphatic heterocycles. The smallest absolute Gasteiger partial charge is 0.267 e. The molecule has 4 nitrogen and oxygen atoms in total. The van der Waals surface area contributed by atoms with E-state index in [1.807, 2.05) is 0 Å². The molecule has 2 amide bonds. The maximum atomic E-state index is 12.2. The highest BCUT2D eigenvalue weighted by Gasteiger charge is 2.41. The van der Waals surface area contributed by atoms with Gasteiger partial charge in [0.05, 0.1) is 14.8 Å². The highest BCUT2D eigenvalue weighted by molar-refractivity contribution is 8.11. The van der Waals surface area contributed by atoms with E-state index in [1.165, 1.54) is 29.7 Å². The van der Waals surface area contributed by atoms with Crippen molar-refractivity contribution in [2.45, 2.75) is 0 Å². The zero-order valence-electron chi connectivity index (χ0n) is 9.05. The predicted octanol–water partition coefficient (Wildman–Crippen LogP) is 2.30. The van der Waals surface area contributed by atoms with Crippen molar-refractivity contribution < 1.29 is 9.59 Å². The monoisotopic (exact) mass is 298 g/mol. The number of carbonyl (C=O) groups is 2. The molecule has 3 rings (SSSR count). The van der Waals surface area contributed by atoms with Crippen LogP contribution < -0.4 is 4.90 Å². The van der Waals surface area contributed by atoms with E-state index < -0.39 is 0 Å². The highest BCUT2D eigenvalue weighted by Crippen LogP contribution is 2.41. The fourth-order valence-corrected chi connectivity index (χ4v) is 4.15. The van der Waals surface area contributed by atoms with Gasteiger partial charge in [0, 0.05) is 17.7 Å². The maximum Gasteiger partial charge on any atom is 0.274 e. The Morgan fingerprint density at radius 2 is 1.72 bits per heavy atom. The number of amides is 2. The molecule has 3 heterocycles. The van der Waals surface area contributed by atoms with Crippen LogP contribution in [0.2, 0.25) is 5.02 Å². The Bertz CT molecular complexity index is 543. The van der Waals surface area contributed by atoms with E-state index in [-0.39, 0.29) is 11.8 Å². The molecule has 18 heavy (non-hydrogen) atoms. The lowest BCUT2D eigenvalue weighted by molar-refractivity contribution is -0.120. The molecule has 0 fully saturated rings. The van der Waals surface area contributed by atoms with Gasteiger partial charge in [-0.1, -0.05) is 11.6 Å². The summed E-state index contributed by atoms with van der Waals surface area (Å²) >= 11 is 8.62. The van der Waals surface area contributed by atoms with E-state index in [2.05, 4.69) is 4.98 Å². The molecule has 1 aromatic heterocycles. The lowest BCUT2D eigenvalue weighted by atomic mass is 10.4. The molecule has 0 aliphatic carbocycles. The van der Waals surface area contributed by atoms with Crippen LogP contribution in [0.5, 0.6) is 0 Å². The second-order valence-corrected chi connectivity index (χ2v) is 6.28. The number of hydrogen-bond acceptors (Lipinski definition) is 5. The van der Waals surface area contributed by atoms with Gasteiger partial charge >= 0.3 is 0 Å². The number of rotatable bonds is 1. The third-order valence-electron chi connectivity index (χ3n) is 2.52. The largest absolute Gasteiger partial charge is 0.274 e. The van der Waals surface area contributed by atoms with E-state index in [1.54, 1.807) is 12.1 Å². The van der Waals surface area contributed by atoms with Crippen molar-refractivity contribution >= 4 is 52.8 Å². The normalized spacial score (nSPS) is 19.5. The average Bonchev–Trinajstić information content (AvgIpc) is 2.64. The maximum absolute atomic E-state index is 12.2. The Morgan fingerprint density at radius 1 is 1.11 bits per heavy atom. The highest BCUT2D eigenvalue weighted by atomic mass is 35.5. The summed E-state index contributed by atoms with van der Waals surface area (Å²) in [7, 11) is 0. The molecule has 0 radical (unpaired) electrons. The topological polar surface area (TPSA) is 50.3 Å². The van der Waals surface area contributed by atoms with Crippen LogP contribution >= 0.6 is 35.1 Å². The van der Waals surface area contributed by atoms with Gasteiger partial charge in [-0.2, -0.15) is 0 Å². The molecular weight excluding hydrogens is 292 g/mol. The summed E-state index contributed by atoms with van der Waals surface area (Å²) in [4.78, 5) is 30.6. The van der Waals surface area contributed by atoms with Crippen molar-refractivity contribution in [3.8, 4) is 0 Å². The molecule has 92 valence electrons. The third kappa shape index (κ3) is 1.84. The van der Waals surface area contributed by atoms with Crippen LogP contribution in [0.25, 0.3) is 0 Å². The van der Waals surface area contributed by atoms with E-state index in [9.17, 15) is 9.59 Å². The van der Waals surface area contributed by atoms with Crippen LogP contribution in [0.1, 0.15) is 0 Å². The van der Waals surface area contributed by atoms with Gasteiger partial charge in [-0.15, -0.1) is 23.5 Å². The molecule has 0 N–H and O–H groups in total. The summed E-state index contributed by atoms with van der Waals surface area (Å²) in [5.41, 5.74) is 0. The molecule has 0 atom stereocenters. The number of nitrogens with zero attached hydrogens (tertiary/aromatic N) is 2. The number of thioether (sulfide) groups is 2. The Balaban J connectivity index is 1.99. The van der Waals surface area contributed by atoms with Gasteiger partial charge in [0.1, 0.15) is 5.82 Å². The predicted molar refractivity (Wildman–Crippen MR) is 73.7 cm³/mol. The van der Waals surface area contributed by atoms with Crippen LogP contribution in [0.3, 0.4) is 0 Å². The number of pyridine rings is 1. The van der Waals surface area contributed by atoms with Crippen molar-refractivity contribution in [2.75, 3.05) is 16.4 Å². The number of hydrogen-bond donors (Lipinski definition) is 0. The summed E-state index contributed by atoms with van der Waals surface area (Å²) in [6, 6.07) is 3.19. The Morgan fingerprint density at radius 3 is 2.22 bits per heavy atom. The van der Waals surface area contributed by atoms with Gasteiger partial charge in [0.25, 0.3) is 11.8 Å². The van der Waals surface area contributed by atoms with Gasteiger partial charge in [-0.3, -0.25) is 9.59 Å². The minimum absolute atomic E-state index is 0.276. The fourth-order valence-electron chi connectivity index (χ4n) is 1.74. The number of halogens is 1. The van der Waals surface area contributed by atoms with E-state index in [0.717, 1.165) is 16.4 Å². The molecule has 0 unspecified atom stereocenters. The zero-order chi connectivity index (χ0) is 12.7. The summed E-state index contributed by atoms with van der Waals surface area (Å²) in [6.45, 7) is 0. The minimum atomic E-state index is -0.276. The molecule has 0 saturated carbocycles.